The van der Waals surface area contributed by atoms with Crippen LogP contribution in [0.1, 0.15) is 206 Å². The lowest BCUT2D eigenvalue weighted by Crippen LogP contribution is -2.18. The van der Waals surface area contributed by atoms with Crippen LogP contribution in [-0.4, -0.2) is 18.4 Å². The van der Waals surface area contributed by atoms with Gasteiger partial charge in [-0.05, 0) is 19.3 Å². The van der Waals surface area contributed by atoms with Crippen molar-refractivity contribution in [2.75, 3.05) is 0 Å². The lowest BCUT2D eigenvalue weighted by Gasteiger charge is -2.15. The van der Waals surface area contributed by atoms with Gasteiger partial charge in [-0.15, -0.1) is 0 Å². The summed E-state index contributed by atoms with van der Waals surface area (Å²) in [5.74, 6) is -0.106. The van der Waals surface area contributed by atoms with E-state index in [1.807, 2.05) is 0 Å². The third kappa shape index (κ3) is 29.7. The molecule has 0 rings (SSSR count). The monoisotopic (exact) mass is 537 g/mol. The summed E-state index contributed by atoms with van der Waals surface area (Å²) >= 11 is 0. The van der Waals surface area contributed by atoms with E-state index in [0.717, 1.165) is 32.0 Å². The zero-order valence-corrected chi connectivity index (χ0v) is 26.1. The Balaban J connectivity index is 3.50. The zero-order chi connectivity index (χ0) is 27.8. The van der Waals surface area contributed by atoms with Crippen molar-refractivity contribution in [3.63, 3.8) is 0 Å². The number of unbranched alkanes of at least 4 members (excludes halogenated alkanes) is 25. The minimum Gasteiger partial charge on any atom is -0.462 e. The number of hydrogen-bond donors (Lipinski definition) is 0. The first-order chi connectivity index (χ1) is 18.7. The van der Waals surface area contributed by atoms with Gasteiger partial charge in [-0.1, -0.05) is 174 Å². The molecule has 226 valence electrons. The molecule has 0 aromatic rings. The highest BCUT2D eigenvalue weighted by Crippen LogP contribution is 2.17. The van der Waals surface area contributed by atoms with Crippen LogP contribution < -0.4 is 0 Å². The van der Waals surface area contributed by atoms with Crippen LogP contribution in [0, 0.1) is 0 Å². The van der Waals surface area contributed by atoms with Gasteiger partial charge in [0, 0.05) is 12.8 Å². The molecule has 0 aromatic carbocycles. The highest BCUT2D eigenvalue weighted by Gasteiger charge is 2.13. The predicted molar refractivity (Wildman–Crippen MR) is 166 cm³/mol. The van der Waals surface area contributed by atoms with Crippen LogP contribution in [-0.2, 0) is 14.3 Å². The Bertz CT molecular complexity index is 476. The maximum Gasteiger partial charge on any atom is 0.306 e. The Labute approximate surface area is 239 Å². The zero-order valence-electron chi connectivity index (χ0n) is 26.1. The lowest BCUT2D eigenvalue weighted by molar-refractivity contribution is -0.150. The summed E-state index contributed by atoms with van der Waals surface area (Å²) in [5.41, 5.74) is 0. The fourth-order valence-electron chi connectivity index (χ4n) is 5.43. The average molecular weight is 537 g/mol. The first-order valence-corrected chi connectivity index (χ1v) is 17.4. The molecule has 0 fully saturated rings. The molecule has 0 aromatic heterocycles. The first-order valence-electron chi connectivity index (χ1n) is 17.4. The molecule has 0 radical (unpaired) electrons. The summed E-state index contributed by atoms with van der Waals surface area (Å²) in [5, 5.41) is 0. The van der Waals surface area contributed by atoms with E-state index in [0.29, 0.717) is 12.8 Å². The van der Waals surface area contributed by atoms with E-state index in [1.165, 1.54) is 154 Å². The van der Waals surface area contributed by atoms with Gasteiger partial charge in [0.15, 0.2) is 0 Å². The van der Waals surface area contributed by atoms with Crippen LogP contribution in [0.3, 0.4) is 0 Å². The summed E-state index contributed by atoms with van der Waals surface area (Å²) in [6.07, 6.45) is 38.2. The number of carbonyl (C=O) groups excluding carboxylic acids is 2. The van der Waals surface area contributed by atoms with Gasteiger partial charge in [-0.3, -0.25) is 4.79 Å². The van der Waals surface area contributed by atoms with Crippen molar-refractivity contribution in [1.82, 2.24) is 0 Å². The number of ether oxygens (including phenoxy) is 1. The van der Waals surface area contributed by atoms with Crippen LogP contribution >= 0.6 is 0 Å². The Morgan fingerprint density at radius 3 is 1.16 bits per heavy atom. The van der Waals surface area contributed by atoms with Gasteiger partial charge in [0.05, 0.1) is 0 Å². The van der Waals surface area contributed by atoms with Crippen LogP contribution in [0.15, 0.2) is 0 Å². The SMILES string of the molecule is CCCCCCCCCCCCCCCCCCC(=O)OC(CC=O)CCCCCCCCCCCCC. The minimum absolute atomic E-state index is 0.106. The molecule has 0 aliphatic rings. The van der Waals surface area contributed by atoms with Crippen molar-refractivity contribution in [1.29, 1.82) is 0 Å². The summed E-state index contributed by atoms with van der Waals surface area (Å²) in [7, 11) is 0. The summed E-state index contributed by atoms with van der Waals surface area (Å²) in [6.45, 7) is 4.55. The molecule has 3 nitrogen and oxygen atoms in total. The van der Waals surface area contributed by atoms with Crippen LogP contribution in [0.5, 0.6) is 0 Å². The van der Waals surface area contributed by atoms with Gasteiger partial charge in [0.1, 0.15) is 12.4 Å². The van der Waals surface area contributed by atoms with Crippen molar-refractivity contribution in [3.05, 3.63) is 0 Å². The molecule has 1 unspecified atom stereocenters. The number of aldehydes is 1. The third-order valence-electron chi connectivity index (χ3n) is 8.02. The number of hydrogen-bond acceptors (Lipinski definition) is 3. The van der Waals surface area contributed by atoms with Gasteiger partial charge < -0.3 is 9.53 Å². The van der Waals surface area contributed by atoms with E-state index < -0.39 is 0 Å². The molecule has 0 heterocycles. The largest absolute Gasteiger partial charge is 0.462 e. The fraction of sp³-hybridized carbons (Fsp3) is 0.943. The van der Waals surface area contributed by atoms with E-state index in [9.17, 15) is 9.59 Å². The second-order valence-electron chi connectivity index (χ2n) is 11.9. The smallest absolute Gasteiger partial charge is 0.306 e. The lowest BCUT2D eigenvalue weighted by atomic mass is 10.0. The molecule has 0 aliphatic carbocycles. The van der Waals surface area contributed by atoms with Gasteiger partial charge >= 0.3 is 5.97 Å². The second-order valence-corrected chi connectivity index (χ2v) is 11.9. The van der Waals surface area contributed by atoms with Crippen molar-refractivity contribution in [3.8, 4) is 0 Å². The molecule has 0 aliphatic heterocycles. The van der Waals surface area contributed by atoms with E-state index in [1.54, 1.807) is 0 Å². The van der Waals surface area contributed by atoms with Crippen molar-refractivity contribution >= 4 is 12.3 Å². The average Bonchev–Trinajstić information content (AvgIpc) is 2.91. The fourth-order valence-corrected chi connectivity index (χ4v) is 5.43. The Hall–Kier alpha value is -0.860. The Morgan fingerprint density at radius 2 is 0.816 bits per heavy atom. The van der Waals surface area contributed by atoms with Gasteiger partial charge in [0.25, 0.3) is 0 Å². The highest BCUT2D eigenvalue weighted by molar-refractivity contribution is 5.69. The van der Waals surface area contributed by atoms with Crippen molar-refractivity contribution < 1.29 is 14.3 Å². The molecule has 0 saturated carbocycles. The molecule has 0 amide bonds. The molecular weight excluding hydrogens is 468 g/mol. The normalized spacial score (nSPS) is 12.1. The van der Waals surface area contributed by atoms with Crippen LogP contribution in [0.4, 0.5) is 0 Å². The standard InChI is InChI=1S/C35H68O3/c1-3-5-7-9-11-13-15-16-17-18-19-21-23-25-27-29-31-35(37)38-34(32-33-36)30-28-26-24-22-20-14-12-10-8-6-4-2/h33-34H,3-32H2,1-2H3. The number of rotatable bonds is 32. The summed E-state index contributed by atoms with van der Waals surface area (Å²) in [6, 6.07) is 0. The van der Waals surface area contributed by atoms with E-state index >= 15 is 0 Å². The van der Waals surface area contributed by atoms with Gasteiger partial charge in [-0.25, -0.2) is 0 Å². The Morgan fingerprint density at radius 1 is 0.500 bits per heavy atom. The van der Waals surface area contributed by atoms with E-state index in [2.05, 4.69) is 13.8 Å². The predicted octanol–water partition coefficient (Wildman–Crippen LogP) is 11.8. The number of carbonyl (C=O) groups is 2. The molecule has 1 atom stereocenters. The van der Waals surface area contributed by atoms with E-state index in [-0.39, 0.29) is 12.1 Å². The Kier molecular flexibility index (Phi) is 31.6. The van der Waals surface area contributed by atoms with Crippen LogP contribution in [0.2, 0.25) is 0 Å². The third-order valence-corrected chi connectivity index (χ3v) is 8.02. The molecule has 38 heavy (non-hydrogen) atoms. The maximum absolute atomic E-state index is 12.2. The number of esters is 1. The molecular formula is C35H68O3. The topological polar surface area (TPSA) is 43.4 Å². The van der Waals surface area contributed by atoms with Crippen molar-refractivity contribution in [2.45, 2.75) is 213 Å². The van der Waals surface area contributed by atoms with Crippen LogP contribution in [0.25, 0.3) is 0 Å². The molecule has 0 bridgehead atoms. The van der Waals surface area contributed by atoms with Gasteiger partial charge in [-0.2, -0.15) is 0 Å². The quantitative estimate of drug-likeness (QED) is 0.0487. The summed E-state index contributed by atoms with van der Waals surface area (Å²) in [4.78, 5) is 23.3. The van der Waals surface area contributed by atoms with Crippen molar-refractivity contribution in [2.24, 2.45) is 0 Å². The maximum atomic E-state index is 12.2. The molecule has 0 N–H and O–H groups in total. The summed E-state index contributed by atoms with van der Waals surface area (Å²) < 4.78 is 5.64. The first kappa shape index (κ1) is 37.1. The van der Waals surface area contributed by atoms with E-state index in [4.69, 9.17) is 4.74 Å². The van der Waals surface area contributed by atoms with Gasteiger partial charge in [0.2, 0.25) is 0 Å². The molecule has 3 heteroatoms. The highest BCUT2D eigenvalue weighted by atomic mass is 16.5. The minimum atomic E-state index is -0.209. The second kappa shape index (κ2) is 32.4. The molecule has 0 spiro atoms. The molecule has 0 saturated heterocycles.